The van der Waals surface area contributed by atoms with Crippen LogP contribution in [-0.2, 0) is 11.3 Å². The summed E-state index contributed by atoms with van der Waals surface area (Å²) in [5, 5.41) is 6.23. The third kappa shape index (κ3) is 5.54. The molecular weight excluding hydrogens is 502 g/mol. The van der Waals surface area contributed by atoms with E-state index in [0.29, 0.717) is 25.5 Å². The smallest absolute Gasteiger partial charge is 0.287 e. The zero-order valence-corrected chi connectivity index (χ0v) is 22.4. The predicted octanol–water partition coefficient (Wildman–Crippen LogP) is 2.90. The first-order valence-corrected chi connectivity index (χ1v) is 13.8. The fourth-order valence-corrected chi connectivity index (χ4v) is 5.33. The summed E-state index contributed by atoms with van der Waals surface area (Å²) in [5.41, 5.74) is 5.03. The second-order valence-electron chi connectivity index (χ2n) is 10.1. The van der Waals surface area contributed by atoms with Crippen LogP contribution < -0.4 is 15.5 Å². The van der Waals surface area contributed by atoms with E-state index in [1.807, 2.05) is 64.1 Å². The Labute approximate surface area is 233 Å². The second-order valence-corrected chi connectivity index (χ2v) is 10.1. The highest BCUT2D eigenvalue weighted by atomic mass is 16.2. The van der Waals surface area contributed by atoms with Gasteiger partial charge in [0.2, 0.25) is 5.91 Å². The molecule has 0 unspecified atom stereocenters. The van der Waals surface area contributed by atoms with E-state index < -0.39 is 0 Å². The number of amides is 2. The highest BCUT2D eigenvalue weighted by molar-refractivity contribution is 6.00. The quantitative estimate of drug-likeness (QED) is 0.362. The zero-order chi connectivity index (χ0) is 27.3. The number of fused-ring (bicyclic) bond motifs is 1. The number of hydrogen-bond acceptors (Lipinski definition) is 6. The first-order chi connectivity index (χ1) is 19.7. The van der Waals surface area contributed by atoms with E-state index in [9.17, 15) is 9.59 Å². The number of anilines is 1. The molecule has 6 rings (SSSR count). The number of rotatable bonds is 8. The van der Waals surface area contributed by atoms with Crippen LogP contribution in [0, 0.1) is 0 Å². The molecule has 1 fully saturated rings. The van der Waals surface area contributed by atoms with Crippen LogP contribution in [0.15, 0.2) is 83.9 Å². The normalized spacial score (nSPS) is 15.2. The lowest BCUT2D eigenvalue weighted by Gasteiger charge is -2.36. The number of nitrogens with one attached hydrogen (secondary N) is 2. The molecule has 3 heterocycles. The summed E-state index contributed by atoms with van der Waals surface area (Å²) >= 11 is 0. The van der Waals surface area contributed by atoms with E-state index in [0.717, 1.165) is 59.9 Å². The molecule has 0 spiro atoms. The molecule has 0 saturated carbocycles. The molecule has 204 valence electrons. The molecule has 1 saturated heterocycles. The summed E-state index contributed by atoms with van der Waals surface area (Å²) in [5.74, 6) is 1.10. The predicted molar refractivity (Wildman–Crippen MR) is 157 cm³/mol. The van der Waals surface area contributed by atoms with Crippen LogP contribution in [0.5, 0.6) is 0 Å². The van der Waals surface area contributed by atoms with E-state index in [2.05, 4.69) is 49.8 Å². The van der Waals surface area contributed by atoms with Crippen LogP contribution in [0.3, 0.4) is 0 Å². The summed E-state index contributed by atoms with van der Waals surface area (Å²) in [4.78, 5) is 39.3. The fourth-order valence-electron chi connectivity index (χ4n) is 5.33. The summed E-state index contributed by atoms with van der Waals surface area (Å²) in [7, 11) is 0. The first kappa shape index (κ1) is 25.6. The number of benzene rings is 3. The van der Waals surface area contributed by atoms with E-state index in [1.165, 1.54) is 0 Å². The maximum atomic E-state index is 13.2. The number of carbonyl (C=O) groups excluding carboxylic acids is 2. The van der Waals surface area contributed by atoms with Gasteiger partial charge in [0, 0.05) is 63.5 Å². The van der Waals surface area contributed by atoms with E-state index >= 15 is 0 Å². The van der Waals surface area contributed by atoms with Crippen LogP contribution in [0.2, 0.25) is 0 Å². The second kappa shape index (κ2) is 11.6. The Kier molecular flexibility index (Phi) is 7.43. The number of hydrogen-bond donors (Lipinski definition) is 2. The molecule has 0 bridgehead atoms. The molecule has 1 aromatic heterocycles. The van der Waals surface area contributed by atoms with Gasteiger partial charge in [0.25, 0.3) is 5.91 Å². The molecular formula is C31H33N7O2. The molecule has 40 heavy (non-hydrogen) atoms. The molecule has 0 atom stereocenters. The number of aliphatic imine (C=N–C) groups is 1. The Morgan fingerprint density at radius 1 is 0.875 bits per heavy atom. The minimum absolute atomic E-state index is 0.0541. The van der Waals surface area contributed by atoms with E-state index in [1.54, 1.807) is 0 Å². The van der Waals surface area contributed by atoms with Gasteiger partial charge in [0.05, 0.1) is 17.6 Å². The molecule has 9 heteroatoms. The SMILES string of the molecule is O=C(NCCC(=O)N1CCN(c2ccc(C3=NCCN3)cc2)CC1)c1nc2ccccc2n1Cc1ccccc1. The van der Waals surface area contributed by atoms with Crippen molar-refractivity contribution in [3.05, 3.63) is 95.8 Å². The highest BCUT2D eigenvalue weighted by Gasteiger charge is 2.22. The Bertz CT molecular complexity index is 1520. The monoisotopic (exact) mass is 535 g/mol. The minimum atomic E-state index is -0.271. The Morgan fingerprint density at radius 2 is 1.62 bits per heavy atom. The van der Waals surface area contributed by atoms with Crippen molar-refractivity contribution < 1.29 is 9.59 Å². The van der Waals surface area contributed by atoms with Crippen LogP contribution in [0.25, 0.3) is 11.0 Å². The molecule has 9 nitrogen and oxygen atoms in total. The van der Waals surface area contributed by atoms with Crippen LogP contribution in [0.1, 0.15) is 28.2 Å². The average Bonchev–Trinajstić information content (AvgIpc) is 3.67. The van der Waals surface area contributed by atoms with Gasteiger partial charge in [-0.25, -0.2) is 4.98 Å². The third-order valence-corrected chi connectivity index (χ3v) is 7.48. The number of amidine groups is 1. The first-order valence-electron chi connectivity index (χ1n) is 13.8. The van der Waals surface area contributed by atoms with E-state index in [-0.39, 0.29) is 24.8 Å². The highest BCUT2D eigenvalue weighted by Crippen LogP contribution is 2.20. The van der Waals surface area contributed by atoms with Crippen LogP contribution in [0.4, 0.5) is 5.69 Å². The minimum Gasteiger partial charge on any atom is -0.368 e. The van der Waals surface area contributed by atoms with Gasteiger partial charge in [-0.3, -0.25) is 14.6 Å². The number of imidazole rings is 1. The van der Waals surface area contributed by atoms with Crippen molar-refractivity contribution in [2.24, 2.45) is 4.99 Å². The third-order valence-electron chi connectivity index (χ3n) is 7.48. The summed E-state index contributed by atoms with van der Waals surface area (Å²) in [6.07, 6.45) is 0.258. The van der Waals surface area contributed by atoms with Crippen molar-refractivity contribution in [3.63, 3.8) is 0 Å². The Balaban J connectivity index is 1.02. The van der Waals surface area contributed by atoms with E-state index in [4.69, 9.17) is 0 Å². The molecule has 2 aliphatic heterocycles. The zero-order valence-electron chi connectivity index (χ0n) is 22.4. The van der Waals surface area contributed by atoms with Crippen molar-refractivity contribution in [1.29, 1.82) is 0 Å². The maximum absolute atomic E-state index is 13.2. The summed E-state index contributed by atoms with van der Waals surface area (Å²) < 4.78 is 1.94. The van der Waals surface area contributed by atoms with Crippen LogP contribution in [-0.4, -0.2) is 77.9 Å². The van der Waals surface area contributed by atoms with Gasteiger partial charge in [-0.15, -0.1) is 0 Å². The lowest BCUT2D eigenvalue weighted by atomic mass is 10.1. The number of piperazine rings is 1. The van der Waals surface area contributed by atoms with Crippen molar-refractivity contribution in [2.45, 2.75) is 13.0 Å². The van der Waals surface area contributed by atoms with Crippen molar-refractivity contribution in [3.8, 4) is 0 Å². The molecule has 3 aromatic carbocycles. The van der Waals surface area contributed by atoms with Gasteiger partial charge in [-0.1, -0.05) is 42.5 Å². The summed E-state index contributed by atoms with van der Waals surface area (Å²) in [6.45, 7) is 5.41. The van der Waals surface area contributed by atoms with Gasteiger partial charge in [-0.05, 0) is 42.0 Å². The van der Waals surface area contributed by atoms with Gasteiger partial charge >= 0.3 is 0 Å². The number of aromatic nitrogens is 2. The average molecular weight is 536 g/mol. The van der Waals surface area contributed by atoms with Crippen molar-refractivity contribution in [2.75, 3.05) is 50.7 Å². The van der Waals surface area contributed by atoms with Gasteiger partial charge < -0.3 is 25.0 Å². The molecule has 4 aromatic rings. The topological polar surface area (TPSA) is 94.9 Å². The molecule has 0 radical (unpaired) electrons. The van der Waals surface area contributed by atoms with Crippen molar-refractivity contribution in [1.82, 2.24) is 25.1 Å². The standard InChI is InChI=1S/C31H33N7O2/c39-28(37-20-18-36(19-21-37)25-12-10-24(11-13-25)29-32-16-17-33-29)14-15-34-31(40)30-35-26-8-4-5-9-27(26)38(30)22-23-6-2-1-3-7-23/h1-13H,14-22H2,(H,32,33)(H,34,40). The molecule has 2 amide bonds. The Hall–Kier alpha value is -4.66. The number of nitrogens with zero attached hydrogens (tertiary/aromatic N) is 5. The van der Waals surface area contributed by atoms with Gasteiger partial charge in [0.1, 0.15) is 5.84 Å². The van der Waals surface area contributed by atoms with Gasteiger partial charge in [-0.2, -0.15) is 0 Å². The Morgan fingerprint density at radius 3 is 2.38 bits per heavy atom. The largest absolute Gasteiger partial charge is 0.368 e. The molecule has 2 N–H and O–H groups in total. The van der Waals surface area contributed by atoms with Gasteiger partial charge in [0.15, 0.2) is 5.82 Å². The van der Waals surface area contributed by atoms with Crippen LogP contribution >= 0.6 is 0 Å². The number of para-hydroxylation sites is 2. The van der Waals surface area contributed by atoms with Crippen molar-refractivity contribution >= 4 is 34.4 Å². The number of carbonyl (C=O) groups is 2. The summed E-state index contributed by atoms with van der Waals surface area (Å²) in [6, 6.07) is 26.2. The lowest BCUT2D eigenvalue weighted by Crippen LogP contribution is -2.49. The fraction of sp³-hybridized carbons (Fsp3) is 0.290. The maximum Gasteiger partial charge on any atom is 0.287 e. The molecule has 2 aliphatic rings. The molecule has 0 aliphatic carbocycles. The lowest BCUT2D eigenvalue weighted by molar-refractivity contribution is -0.131.